The highest BCUT2D eigenvalue weighted by Crippen LogP contribution is 2.16. The average Bonchev–Trinajstić information content (AvgIpc) is 2.30. The highest BCUT2D eigenvalue weighted by Gasteiger charge is 2.09. The summed E-state index contributed by atoms with van der Waals surface area (Å²) in [6, 6.07) is 0. The lowest BCUT2D eigenvalue weighted by molar-refractivity contribution is 0.669. The van der Waals surface area contributed by atoms with Crippen molar-refractivity contribution < 1.29 is 0 Å². The van der Waals surface area contributed by atoms with E-state index in [1.165, 1.54) is 0 Å². The summed E-state index contributed by atoms with van der Waals surface area (Å²) in [5.74, 6) is 0.328. The fourth-order valence-corrected chi connectivity index (χ4v) is 1.37. The lowest BCUT2D eigenvalue weighted by Crippen LogP contribution is -2.07. The molecule has 4 heteroatoms. The van der Waals surface area contributed by atoms with Crippen LogP contribution in [-0.4, -0.2) is 16.5 Å². The fourth-order valence-electron chi connectivity index (χ4n) is 1.37. The topological polar surface area (TPSA) is 74.7 Å². The van der Waals surface area contributed by atoms with Crippen molar-refractivity contribution in [2.75, 3.05) is 6.54 Å². The number of aromatic amines is 2. The Bertz CT molecular complexity index is 299. The standard InChI is InChI=1S/C8H15N3O/c1-5(3-4-9)7-6(2)10-8(12)11-7/h5H,3-4,9H2,1-2H3,(H2,10,11,12). The molecule has 0 amide bonds. The van der Waals surface area contributed by atoms with Gasteiger partial charge in [0.15, 0.2) is 0 Å². The van der Waals surface area contributed by atoms with Crippen LogP contribution in [-0.2, 0) is 0 Å². The summed E-state index contributed by atoms with van der Waals surface area (Å²) < 4.78 is 0. The fraction of sp³-hybridized carbons (Fsp3) is 0.625. The molecular formula is C8H15N3O. The van der Waals surface area contributed by atoms with Crippen molar-refractivity contribution in [3.05, 3.63) is 21.9 Å². The van der Waals surface area contributed by atoms with Crippen LogP contribution in [0.4, 0.5) is 0 Å². The zero-order valence-corrected chi connectivity index (χ0v) is 7.48. The molecule has 0 aromatic carbocycles. The number of nitrogens with one attached hydrogen (secondary N) is 2. The zero-order chi connectivity index (χ0) is 9.14. The molecule has 0 aliphatic heterocycles. The average molecular weight is 169 g/mol. The maximum Gasteiger partial charge on any atom is 0.323 e. The van der Waals surface area contributed by atoms with Gasteiger partial charge < -0.3 is 15.7 Å². The van der Waals surface area contributed by atoms with Crippen molar-refractivity contribution in [3.63, 3.8) is 0 Å². The number of H-pyrrole nitrogens is 2. The van der Waals surface area contributed by atoms with Crippen LogP contribution in [0, 0.1) is 6.92 Å². The van der Waals surface area contributed by atoms with Crippen LogP contribution in [0.5, 0.6) is 0 Å². The number of aromatic nitrogens is 2. The second-order valence-electron chi connectivity index (χ2n) is 3.10. The molecule has 1 aromatic rings. The Balaban J connectivity index is 2.86. The monoisotopic (exact) mass is 169 g/mol. The minimum Gasteiger partial charge on any atom is -0.330 e. The molecule has 0 aliphatic rings. The van der Waals surface area contributed by atoms with E-state index in [1.807, 2.05) is 6.92 Å². The summed E-state index contributed by atoms with van der Waals surface area (Å²) in [5, 5.41) is 0. The minimum absolute atomic E-state index is 0.133. The number of nitrogens with two attached hydrogens (primary N) is 1. The van der Waals surface area contributed by atoms with Crippen LogP contribution in [0.1, 0.15) is 30.7 Å². The normalized spacial score (nSPS) is 13.2. The van der Waals surface area contributed by atoms with Crippen LogP contribution in [0.2, 0.25) is 0 Å². The zero-order valence-electron chi connectivity index (χ0n) is 7.48. The van der Waals surface area contributed by atoms with Crippen LogP contribution < -0.4 is 11.4 Å². The van der Waals surface area contributed by atoms with Crippen molar-refractivity contribution in [3.8, 4) is 0 Å². The second kappa shape index (κ2) is 3.58. The number of imidazole rings is 1. The first-order valence-electron chi connectivity index (χ1n) is 4.14. The van der Waals surface area contributed by atoms with Gasteiger partial charge in [-0.05, 0) is 25.8 Å². The molecular weight excluding hydrogens is 154 g/mol. The molecule has 1 atom stereocenters. The van der Waals surface area contributed by atoms with Gasteiger partial charge in [0, 0.05) is 11.4 Å². The molecule has 4 N–H and O–H groups in total. The lowest BCUT2D eigenvalue weighted by Gasteiger charge is -2.07. The number of hydrogen-bond donors (Lipinski definition) is 3. The van der Waals surface area contributed by atoms with Gasteiger partial charge in [-0.3, -0.25) is 0 Å². The molecule has 4 nitrogen and oxygen atoms in total. The summed E-state index contributed by atoms with van der Waals surface area (Å²) in [7, 11) is 0. The van der Waals surface area contributed by atoms with Crippen LogP contribution in [0.15, 0.2) is 4.79 Å². The first kappa shape index (κ1) is 9.06. The molecule has 0 radical (unpaired) electrons. The summed E-state index contributed by atoms with van der Waals surface area (Å²) in [4.78, 5) is 16.3. The van der Waals surface area contributed by atoms with Gasteiger partial charge in [0.2, 0.25) is 0 Å². The van der Waals surface area contributed by atoms with E-state index >= 15 is 0 Å². The quantitative estimate of drug-likeness (QED) is 0.615. The molecule has 1 rings (SSSR count). The first-order chi connectivity index (χ1) is 5.65. The summed E-state index contributed by atoms with van der Waals surface area (Å²) in [6.45, 7) is 4.59. The molecule has 0 saturated carbocycles. The molecule has 1 unspecified atom stereocenters. The largest absolute Gasteiger partial charge is 0.330 e. The van der Waals surface area contributed by atoms with E-state index in [0.29, 0.717) is 12.5 Å². The Morgan fingerprint density at radius 1 is 1.50 bits per heavy atom. The van der Waals surface area contributed by atoms with Crippen molar-refractivity contribution >= 4 is 0 Å². The lowest BCUT2D eigenvalue weighted by atomic mass is 10.0. The molecule has 68 valence electrons. The highest BCUT2D eigenvalue weighted by atomic mass is 16.1. The third kappa shape index (κ3) is 1.76. The smallest absolute Gasteiger partial charge is 0.323 e. The van der Waals surface area contributed by atoms with Gasteiger partial charge in [0.05, 0.1) is 0 Å². The number of hydrogen-bond acceptors (Lipinski definition) is 2. The van der Waals surface area contributed by atoms with Crippen LogP contribution in [0.3, 0.4) is 0 Å². The summed E-state index contributed by atoms with van der Waals surface area (Å²) in [5.41, 5.74) is 7.18. The maximum absolute atomic E-state index is 10.9. The Kier molecular flexibility index (Phi) is 2.70. The summed E-state index contributed by atoms with van der Waals surface area (Å²) in [6.07, 6.45) is 0.897. The van der Waals surface area contributed by atoms with Gasteiger partial charge in [-0.15, -0.1) is 0 Å². The van der Waals surface area contributed by atoms with Crippen molar-refractivity contribution in [1.29, 1.82) is 0 Å². The maximum atomic E-state index is 10.9. The minimum atomic E-state index is -0.133. The van der Waals surface area contributed by atoms with E-state index in [0.717, 1.165) is 17.8 Å². The van der Waals surface area contributed by atoms with E-state index in [1.54, 1.807) is 0 Å². The van der Waals surface area contributed by atoms with E-state index in [4.69, 9.17) is 5.73 Å². The van der Waals surface area contributed by atoms with Gasteiger partial charge >= 0.3 is 5.69 Å². The third-order valence-electron chi connectivity index (χ3n) is 2.05. The predicted octanol–water partition coefficient (Wildman–Crippen LogP) is 0.464. The molecule has 0 spiro atoms. The van der Waals surface area contributed by atoms with Crippen molar-refractivity contribution in [2.45, 2.75) is 26.2 Å². The predicted molar refractivity (Wildman–Crippen MR) is 48.2 cm³/mol. The Morgan fingerprint density at radius 2 is 2.17 bits per heavy atom. The van der Waals surface area contributed by atoms with Gasteiger partial charge in [-0.1, -0.05) is 6.92 Å². The molecule has 12 heavy (non-hydrogen) atoms. The SMILES string of the molecule is Cc1[nH]c(=O)[nH]c1C(C)CCN. The number of rotatable bonds is 3. The Hall–Kier alpha value is -1.03. The Morgan fingerprint density at radius 3 is 2.58 bits per heavy atom. The molecule has 0 aliphatic carbocycles. The molecule has 1 aromatic heterocycles. The van der Waals surface area contributed by atoms with Crippen LogP contribution in [0.25, 0.3) is 0 Å². The van der Waals surface area contributed by atoms with E-state index in [9.17, 15) is 4.79 Å². The van der Waals surface area contributed by atoms with E-state index in [2.05, 4.69) is 16.9 Å². The molecule has 0 saturated heterocycles. The molecule has 0 fully saturated rings. The molecule has 0 bridgehead atoms. The summed E-state index contributed by atoms with van der Waals surface area (Å²) >= 11 is 0. The highest BCUT2D eigenvalue weighted by molar-refractivity contribution is 5.13. The van der Waals surface area contributed by atoms with E-state index in [-0.39, 0.29) is 5.69 Å². The number of aryl methyl sites for hydroxylation is 1. The van der Waals surface area contributed by atoms with Gasteiger partial charge in [-0.2, -0.15) is 0 Å². The molecule has 1 heterocycles. The van der Waals surface area contributed by atoms with Crippen LogP contribution >= 0.6 is 0 Å². The van der Waals surface area contributed by atoms with Gasteiger partial charge in [-0.25, -0.2) is 4.79 Å². The van der Waals surface area contributed by atoms with Gasteiger partial charge in [0.1, 0.15) is 0 Å². The van der Waals surface area contributed by atoms with Crippen molar-refractivity contribution in [2.24, 2.45) is 5.73 Å². The Labute approximate surface area is 71.2 Å². The van der Waals surface area contributed by atoms with Gasteiger partial charge in [0.25, 0.3) is 0 Å². The first-order valence-corrected chi connectivity index (χ1v) is 4.14. The third-order valence-corrected chi connectivity index (χ3v) is 2.05. The van der Waals surface area contributed by atoms with Crippen molar-refractivity contribution in [1.82, 2.24) is 9.97 Å². The van der Waals surface area contributed by atoms with E-state index < -0.39 is 0 Å². The second-order valence-corrected chi connectivity index (χ2v) is 3.10.